The van der Waals surface area contributed by atoms with Crippen LogP contribution in [0.3, 0.4) is 0 Å². The van der Waals surface area contributed by atoms with Crippen LogP contribution in [0.1, 0.15) is 13.8 Å². The molecule has 0 radical (unpaired) electrons. The molecule has 0 aromatic carbocycles. The molecule has 1 heteroatoms. The highest BCUT2D eigenvalue weighted by Gasteiger charge is 2.75. The van der Waals surface area contributed by atoms with Crippen LogP contribution in [0, 0.1) is 5.92 Å². The number of nitrogens with zero attached hydrogens (tertiary/aromatic N) is 1. The van der Waals surface area contributed by atoms with Crippen molar-refractivity contribution in [2.24, 2.45) is 5.92 Å². The zero-order chi connectivity index (χ0) is 7.41. The van der Waals surface area contributed by atoms with E-state index in [4.69, 9.17) is 0 Å². The van der Waals surface area contributed by atoms with Gasteiger partial charge in [-0.15, -0.1) is 6.58 Å². The van der Waals surface area contributed by atoms with Crippen molar-refractivity contribution in [2.75, 3.05) is 19.6 Å². The van der Waals surface area contributed by atoms with Gasteiger partial charge in [-0.2, -0.15) is 0 Å². The first-order valence-corrected chi connectivity index (χ1v) is 4.13. The lowest BCUT2D eigenvalue weighted by molar-refractivity contribution is -0.688. The van der Waals surface area contributed by atoms with E-state index in [1.165, 1.54) is 24.1 Å². The molecule has 0 bridgehead atoms. The van der Waals surface area contributed by atoms with Gasteiger partial charge in [0.25, 0.3) is 0 Å². The fourth-order valence-corrected chi connectivity index (χ4v) is 2.20. The van der Waals surface area contributed by atoms with E-state index < -0.39 is 0 Å². The van der Waals surface area contributed by atoms with Crippen LogP contribution in [-0.4, -0.2) is 29.7 Å². The number of hydrogen-bond acceptors (Lipinski definition) is 0. The molecule has 0 amide bonds. The van der Waals surface area contributed by atoms with Gasteiger partial charge in [0.2, 0.25) is 0 Å². The zero-order valence-electron chi connectivity index (χ0n) is 6.93. The Morgan fingerprint density at radius 3 is 2.50 bits per heavy atom. The van der Waals surface area contributed by atoms with Crippen molar-refractivity contribution >= 4 is 0 Å². The van der Waals surface area contributed by atoms with Gasteiger partial charge in [0.15, 0.2) is 5.54 Å². The van der Waals surface area contributed by atoms with Gasteiger partial charge < -0.3 is 0 Å². The largest absolute Gasteiger partial charge is 0.299 e. The summed E-state index contributed by atoms with van der Waals surface area (Å²) in [6.07, 6.45) is 2.10. The van der Waals surface area contributed by atoms with E-state index in [1.807, 2.05) is 0 Å². The lowest BCUT2D eigenvalue weighted by atomic mass is 9.96. The van der Waals surface area contributed by atoms with Crippen molar-refractivity contribution < 1.29 is 4.48 Å². The van der Waals surface area contributed by atoms with Crippen molar-refractivity contribution in [2.45, 2.75) is 19.4 Å². The summed E-state index contributed by atoms with van der Waals surface area (Å²) in [5, 5.41) is 0. The highest BCUT2D eigenvalue weighted by Crippen LogP contribution is 2.54. The van der Waals surface area contributed by atoms with E-state index in [0.717, 1.165) is 0 Å². The lowest BCUT2D eigenvalue weighted by Crippen LogP contribution is -2.22. The van der Waals surface area contributed by atoms with Crippen LogP contribution in [0.4, 0.5) is 0 Å². The summed E-state index contributed by atoms with van der Waals surface area (Å²) < 4.78 is 1.40. The molecule has 0 aromatic heterocycles. The van der Waals surface area contributed by atoms with Crippen LogP contribution in [0.25, 0.3) is 0 Å². The Balaban J connectivity index is 2.11. The molecule has 0 saturated carbocycles. The lowest BCUT2D eigenvalue weighted by Gasteiger charge is -2.10. The van der Waals surface area contributed by atoms with Crippen molar-refractivity contribution in [3.63, 3.8) is 0 Å². The standard InChI is InChI=1S/C9H16N/c1-4-8(2)9(3)7-10(9)5-6-10/h4,8H,1,5-7H2,2-3H3/q+1/t8-,9?/m1/s1. The predicted molar refractivity (Wildman–Crippen MR) is 42.6 cm³/mol. The van der Waals surface area contributed by atoms with E-state index in [-0.39, 0.29) is 0 Å². The predicted octanol–water partition coefficient (Wildman–Crippen LogP) is 1.41. The normalized spacial score (nSPS) is 43.0. The van der Waals surface area contributed by atoms with Crippen LogP contribution in [0.2, 0.25) is 0 Å². The first kappa shape index (κ1) is 6.41. The molecule has 1 nitrogen and oxygen atoms in total. The van der Waals surface area contributed by atoms with Gasteiger partial charge in [-0.1, -0.05) is 13.0 Å². The Labute approximate surface area is 62.9 Å². The molecule has 56 valence electrons. The summed E-state index contributed by atoms with van der Waals surface area (Å²) in [7, 11) is 0. The number of hydrogen-bond donors (Lipinski definition) is 0. The first-order valence-electron chi connectivity index (χ1n) is 4.13. The molecule has 1 unspecified atom stereocenters. The van der Waals surface area contributed by atoms with E-state index in [9.17, 15) is 0 Å². The minimum absolute atomic E-state index is 0.585. The molecule has 0 aliphatic carbocycles. The molecule has 2 aliphatic heterocycles. The number of rotatable bonds is 2. The molecule has 2 rings (SSSR count). The second-order valence-corrected chi connectivity index (χ2v) is 4.13. The van der Waals surface area contributed by atoms with Crippen molar-refractivity contribution in [1.82, 2.24) is 0 Å². The maximum Gasteiger partial charge on any atom is 0.152 e. The minimum atomic E-state index is 0.585. The molecule has 2 heterocycles. The highest BCUT2D eigenvalue weighted by molar-refractivity contribution is 5.04. The maximum atomic E-state index is 3.85. The molecular weight excluding hydrogens is 122 g/mol. The van der Waals surface area contributed by atoms with Crippen molar-refractivity contribution in [3.8, 4) is 0 Å². The van der Waals surface area contributed by atoms with E-state index in [0.29, 0.717) is 11.5 Å². The van der Waals surface area contributed by atoms with Crippen LogP contribution < -0.4 is 0 Å². The average Bonchev–Trinajstić information content (AvgIpc) is 2.77. The zero-order valence-corrected chi connectivity index (χ0v) is 6.93. The van der Waals surface area contributed by atoms with Gasteiger partial charge in [-0.3, -0.25) is 4.48 Å². The Hall–Kier alpha value is -0.300. The molecule has 10 heavy (non-hydrogen) atoms. The van der Waals surface area contributed by atoms with E-state index >= 15 is 0 Å². The summed E-state index contributed by atoms with van der Waals surface area (Å²) in [6.45, 7) is 12.8. The molecule has 2 fully saturated rings. The van der Waals surface area contributed by atoms with Crippen molar-refractivity contribution in [1.29, 1.82) is 0 Å². The quantitative estimate of drug-likeness (QED) is 0.307. The van der Waals surface area contributed by atoms with E-state index in [2.05, 4.69) is 26.5 Å². The van der Waals surface area contributed by atoms with Crippen LogP contribution in [-0.2, 0) is 0 Å². The summed E-state index contributed by atoms with van der Waals surface area (Å²) in [6, 6.07) is 0. The monoisotopic (exact) mass is 138 g/mol. The fourth-order valence-electron chi connectivity index (χ4n) is 2.20. The Kier molecular flexibility index (Phi) is 0.946. The second-order valence-electron chi connectivity index (χ2n) is 4.13. The molecule has 0 aromatic rings. The van der Waals surface area contributed by atoms with Gasteiger partial charge in [0.1, 0.15) is 19.6 Å². The van der Waals surface area contributed by atoms with Crippen LogP contribution in [0.5, 0.6) is 0 Å². The van der Waals surface area contributed by atoms with Gasteiger partial charge in [0.05, 0.1) is 0 Å². The second kappa shape index (κ2) is 1.48. The Morgan fingerprint density at radius 1 is 1.60 bits per heavy atom. The molecular formula is C9H16N+. The summed E-state index contributed by atoms with van der Waals surface area (Å²) in [5.41, 5.74) is 0.585. The average molecular weight is 138 g/mol. The summed E-state index contributed by atoms with van der Waals surface area (Å²) in [4.78, 5) is 0. The van der Waals surface area contributed by atoms with E-state index in [1.54, 1.807) is 0 Å². The number of quaternary nitrogens is 1. The Morgan fingerprint density at radius 2 is 2.20 bits per heavy atom. The van der Waals surface area contributed by atoms with Gasteiger partial charge in [-0.05, 0) is 6.92 Å². The third-order valence-electron chi connectivity index (χ3n) is 3.70. The van der Waals surface area contributed by atoms with Crippen LogP contribution >= 0.6 is 0 Å². The summed E-state index contributed by atoms with van der Waals surface area (Å²) >= 11 is 0. The molecule has 0 N–H and O–H groups in total. The van der Waals surface area contributed by atoms with Crippen molar-refractivity contribution in [3.05, 3.63) is 12.7 Å². The third kappa shape index (κ3) is 0.523. The maximum absolute atomic E-state index is 3.85. The van der Waals surface area contributed by atoms with Crippen LogP contribution in [0.15, 0.2) is 12.7 Å². The van der Waals surface area contributed by atoms with Gasteiger partial charge >= 0.3 is 0 Å². The molecule has 1 spiro atoms. The molecule has 2 aliphatic rings. The fraction of sp³-hybridized carbons (Fsp3) is 0.778. The van der Waals surface area contributed by atoms with Gasteiger partial charge in [-0.25, -0.2) is 0 Å². The smallest absolute Gasteiger partial charge is 0.152 e. The minimum Gasteiger partial charge on any atom is -0.299 e. The third-order valence-corrected chi connectivity index (χ3v) is 3.70. The highest BCUT2D eigenvalue weighted by atomic mass is 15.6. The first-order chi connectivity index (χ1) is 4.65. The Bertz CT molecular complexity index is 181. The summed E-state index contributed by atoms with van der Waals surface area (Å²) in [5.74, 6) is 0.704. The molecule has 2 atom stereocenters. The topological polar surface area (TPSA) is 0 Å². The SMILES string of the molecule is C=C[C@@H](C)C1(C)C[N+]12CC2. The van der Waals surface area contributed by atoms with Gasteiger partial charge in [0, 0.05) is 5.92 Å². The molecule has 2 saturated heterocycles.